The highest BCUT2D eigenvalue weighted by molar-refractivity contribution is 7.89. The van der Waals surface area contributed by atoms with Crippen LogP contribution in [0, 0.1) is 0 Å². The number of rotatable bonds is 6. The number of pyridine rings is 1. The lowest BCUT2D eigenvalue weighted by Gasteiger charge is -2.34. The highest BCUT2D eigenvalue weighted by atomic mass is 35.5. The molecule has 3 rings (SSSR count). The third-order valence-corrected chi connectivity index (χ3v) is 7.26. The first-order valence-electron chi connectivity index (χ1n) is 9.38. The molecule has 0 radical (unpaired) electrons. The number of halogens is 2. The number of hydrogen-bond acceptors (Lipinski definition) is 6. The van der Waals surface area contributed by atoms with Crippen molar-refractivity contribution in [2.75, 3.05) is 26.8 Å². The van der Waals surface area contributed by atoms with Crippen LogP contribution in [0.25, 0.3) is 11.1 Å². The maximum atomic E-state index is 14.9. The molecule has 0 saturated carbocycles. The highest BCUT2D eigenvalue weighted by Gasteiger charge is 2.46. The second kappa shape index (κ2) is 8.87. The lowest BCUT2D eigenvalue weighted by atomic mass is 9.95. The molecule has 0 N–H and O–H groups in total. The minimum absolute atomic E-state index is 0.0510. The Hall–Kier alpha value is -2.23. The average Bonchev–Trinajstić information content (AvgIpc) is 2.74. The minimum atomic E-state index is -4.04. The van der Waals surface area contributed by atoms with Gasteiger partial charge in [-0.3, -0.25) is 0 Å². The Morgan fingerprint density at radius 3 is 2.53 bits per heavy atom. The van der Waals surface area contributed by atoms with Gasteiger partial charge in [-0.25, -0.2) is 22.6 Å². The lowest BCUT2D eigenvalue weighted by Crippen LogP contribution is -2.49. The Balaban J connectivity index is 1.97. The monoisotopic (exact) mass is 456 g/mol. The number of aromatic nitrogens is 1. The first-order valence-corrected chi connectivity index (χ1v) is 11.2. The number of benzene rings is 1. The number of alkyl halides is 1. The Labute approximate surface area is 179 Å². The van der Waals surface area contributed by atoms with E-state index in [2.05, 4.69) is 4.98 Å². The number of sulfonamides is 1. The number of carbonyl (C=O) groups excluding carboxylic acids is 1. The summed E-state index contributed by atoms with van der Waals surface area (Å²) in [6, 6.07) is 8.12. The second-order valence-corrected chi connectivity index (χ2v) is 9.11. The van der Waals surface area contributed by atoms with Gasteiger partial charge in [0.2, 0.25) is 21.6 Å². The Bertz CT molecular complexity index is 1040. The van der Waals surface area contributed by atoms with E-state index in [1.54, 1.807) is 31.2 Å². The van der Waals surface area contributed by atoms with Crippen molar-refractivity contribution in [3.63, 3.8) is 0 Å². The number of methoxy groups -OCH3 is 1. The molecule has 10 heteroatoms. The number of nitrogens with zero attached hydrogens (tertiary/aromatic N) is 2. The van der Waals surface area contributed by atoms with Gasteiger partial charge in [0.1, 0.15) is 0 Å². The fourth-order valence-corrected chi connectivity index (χ4v) is 5.18. The SMILES string of the molecule is CCOC(=O)C1(F)CCN(S(=O)(=O)c2cc(OC)ncc2-c2ccccc2Cl)CC1. The summed E-state index contributed by atoms with van der Waals surface area (Å²) < 4.78 is 52.8. The van der Waals surface area contributed by atoms with Crippen molar-refractivity contribution in [1.82, 2.24) is 9.29 Å². The molecule has 2 heterocycles. The van der Waals surface area contributed by atoms with Crippen LogP contribution in [0.5, 0.6) is 5.88 Å². The van der Waals surface area contributed by atoms with Crippen molar-refractivity contribution in [3.05, 3.63) is 41.6 Å². The van der Waals surface area contributed by atoms with Crippen LogP contribution < -0.4 is 4.74 Å². The van der Waals surface area contributed by atoms with E-state index in [1.165, 1.54) is 19.4 Å². The van der Waals surface area contributed by atoms with Gasteiger partial charge in [-0.2, -0.15) is 4.31 Å². The van der Waals surface area contributed by atoms with Gasteiger partial charge in [-0.05, 0) is 13.0 Å². The van der Waals surface area contributed by atoms with Crippen LogP contribution in [0.4, 0.5) is 4.39 Å². The zero-order chi connectivity index (χ0) is 21.9. The molecule has 2 aromatic rings. The van der Waals surface area contributed by atoms with Crippen molar-refractivity contribution < 1.29 is 27.1 Å². The van der Waals surface area contributed by atoms with Gasteiger partial charge in [0.25, 0.3) is 0 Å². The third-order valence-electron chi connectivity index (χ3n) is 4.99. The van der Waals surface area contributed by atoms with E-state index < -0.39 is 21.7 Å². The first-order chi connectivity index (χ1) is 14.2. The van der Waals surface area contributed by atoms with Crippen LogP contribution in [-0.4, -0.2) is 56.2 Å². The second-order valence-electron chi connectivity index (χ2n) is 6.79. The van der Waals surface area contributed by atoms with E-state index in [9.17, 15) is 17.6 Å². The summed E-state index contributed by atoms with van der Waals surface area (Å²) in [6.45, 7) is 1.33. The maximum absolute atomic E-state index is 14.9. The van der Waals surface area contributed by atoms with E-state index in [0.29, 0.717) is 16.1 Å². The van der Waals surface area contributed by atoms with Gasteiger partial charge in [0.05, 0.1) is 18.6 Å². The molecule has 1 saturated heterocycles. The summed E-state index contributed by atoms with van der Waals surface area (Å²) in [6.07, 6.45) is 0.818. The van der Waals surface area contributed by atoms with Crippen molar-refractivity contribution >= 4 is 27.6 Å². The van der Waals surface area contributed by atoms with Gasteiger partial charge < -0.3 is 9.47 Å². The predicted octanol–water partition coefficient (Wildman–Crippen LogP) is 3.47. The summed E-state index contributed by atoms with van der Waals surface area (Å²) in [7, 11) is -2.66. The van der Waals surface area contributed by atoms with Gasteiger partial charge in [0, 0.05) is 54.3 Å². The van der Waals surface area contributed by atoms with Gasteiger partial charge in [-0.15, -0.1) is 0 Å². The van der Waals surface area contributed by atoms with E-state index in [4.69, 9.17) is 21.1 Å². The van der Waals surface area contributed by atoms with Crippen LogP contribution in [-0.2, 0) is 19.6 Å². The quantitative estimate of drug-likeness (QED) is 0.619. The van der Waals surface area contributed by atoms with Crippen LogP contribution >= 0.6 is 11.6 Å². The van der Waals surface area contributed by atoms with E-state index in [0.717, 1.165) is 4.31 Å². The van der Waals surface area contributed by atoms with Gasteiger partial charge in [-0.1, -0.05) is 29.8 Å². The Morgan fingerprint density at radius 2 is 1.93 bits per heavy atom. The molecular formula is C20H22ClFN2O5S. The molecule has 1 fully saturated rings. The number of piperidine rings is 1. The summed E-state index contributed by atoms with van der Waals surface area (Å²) >= 11 is 6.27. The molecule has 0 spiro atoms. The summed E-state index contributed by atoms with van der Waals surface area (Å²) in [4.78, 5) is 16.0. The molecule has 0 unspecified atom stereocenters. The van der Waals surface area contributed by atoms with Crippen molar-refractivity contribution in [2.24, 2.45) is 0 Å². The smallest absolute Gasteiger partial charge is 0.343 e. The topological polar surface area (TPSA) is 85.8 Å². The van der Waals surface area contributed by atoms with Crippen LogP contribution in [0.2, 0.25) is 5.02 Å². The van der Waals surface area contributed by atoms with Crippen LogP contribution in [0.3, 0.4) is 0 Å². The Morgan fingerprint density at radius 1 is 1.27 bits per heavy atom. The molecule has 1 aliphatic rings. The molecule has 0 atom stereocenters. The summed E-state index contributed by atoms with van der Waals surface area (Å²) in [5.41, 5.74) is -1.39. The highest BCUT2D eigenvalue weighted by Crippen LogP contribution is 2.37. The van der Waals surface area contributed by atoms with E-state index in [-0.39, 0.29) is 43.3 Å². The van der Waals surface area contributed by atoms with Gasteiger partial charge in [0.15, 0.2) is 0 Å². The number of ether oxygens (including phenoxy) is 2. The predicted molar refractivity (Wildman–Crippen MR) is 110 cm³/mol. The summed E-state index contributed by atoms with van der Waals surface area (Å²) in [5, 5.41) is 0.365. The molecule has 0 amide bonds. The fourth-order valence-electron chi connectivity index (χ4n) is 3.31. The molecule has 30 heavy (non-hydrogen) atoms. The van der Waals surface area contributed by atoms with Crippen LogP contribution in [0.1, 0.15) is 19.8 Å². The molecule has 1 aliphatic heterocycles. The molecule has 1 aromatic carbocycles. The average molecular weight is 457 g/mol. The van der Waals surface area contributed by atoms with E-state index >= 15 is 0 Å². The maximum Gasteiger partial charge on any atom is 0.343 e. The minimum Gasteiger partial charge on any atom is -0.481 e. The Kier molecular flexibility index (Phi) is 6.64. The number of esters is 1. The first kappa shape index (κ1) is 22.5. The third kappa shape index (κ3) is 4.28. The van der Waals surface area contributed by atoms with Crippen molar-refractivity contribution in [3.8, 4) is 17.0 Å². The molecule has 0 bridgehead atoms. The van der Waals surface area contributed by atoms with Crippen molar-refractivity contribution in [2.45, 2.75) is 30.3 Å². The molecule has 162 valence electrons. The molecule has 0 aliphatic carbocycles. The fraction of sp³-hybridized carbons (Fsp3) is 0.400. The number of hydrogen-bond donors (Lipinski definition) is 0. The van der Waals surface area contributed by atoms with Crippen molar-refractivity contribution in [1.29, 1.82) is 0 Å². The molecular weight excluding hydrogens is 435 g/mol. The summed E-state index contributed by atoms with van der Waals surface area (Å²) in [5.74, 6) is -0.836. The lowest BCUT2D eigenvalue weighted by molar-refractivity contribution is -0.160. The molecule has 1 aromatic heterocycles. The number of carbonyl (C=O) groups is 1. The van der Waals surface area contributed by atoms with Crippen LogP contribution in [0.15, 0.2) is 41.4 Å². The zero-order valence-electron chi connectivity index (χ0n) is 16.6. The van der Waals surface area contributed by atoms with Gasteiger partial charge >= 0.3 is 5.97 Å². The molecule has 7 nitrogen and oxygen atoms in total. The zero-order valence-corrected chi connectivity index (χ0v) is 18.2. The normalized spacial score (nSPS) is 16.8. The standard InChI is InChI=1S/C20H22ClFN2O5S/c1-3-29-19(25)20(22)8-10-24(11-9-20)30(26,27)17-12-18(28-2)23-13-15(17)14-6-4-5-7-16(14)21/h4-7,12-13H,3,8-11H2,1-2H3. The van der Waals surface area contributed by atoms with E-state index in [1.807, 2.05) is 0 Å². The largest absolute Gasteiger partial charge is 0.481 e.